The first-order valence-corrected chi connectivity index (χ1v) is 11.0. The molecule has 2 aromatic rings. The molecule has 1 heterocycles. The Morgan fingerprint density at radius 3 is 2.50 bits per heavy atom. The number of halogens is 1. The largest absolute Gasteiger partial charge is 0.369 e. The van der Waals surface area contributed by atoms with E-state index in [1.54, 1.807) is 0 Å². The summed E-state index contributed by atoms with van der Waals surface area (Å²) in [5.74, 6) is 0.394. The molecule has 30 heavy (non-hydrogen) atoms. The Bertz CT molecular complexity index is 912. The van der Waals surface area contributed by atoms with Crippen LogP contribution in [0.5, 0.6) is 0 Å². The summed E-state index contributed by atoms with van der Waals surface area (Å²) >= 11 is 6.49. The molecule has 1 amide bonds. The topological polar surface area (TPSA) is 87.6 Å². The molecule has 1 aliphatic carbocycles. The van der Waals surface area contributed by atoms with Crippen LogP contribution in [0.15, 0.2) is 42.5 Å². The van der Waals surface area contributed by atoms with Crippen LogP contribution < -0.4 is 26.6 Å². The number of primary amides is 1. The van der Waals surface area contributed by atoms with E-state index in [0.717, 1.165) is 43.5 Å². The molecule has 1 saturated carbocycles. The van der Waals surface area contributed by atoms with Crippen molar-refractivity contribution >= 4 is 34.6 Å². The number of hydrogen-bond acceptors (Lipinski definition) is 5. The summed E-state index contributed by atoms with van der Waals surface area (Å²) in [6.07, 6.45) is 3.75. The van der Waals surface area contributed by atoms with Crippen molar-refractivity contribution in [2.45, 2.75) is 38.5 Å². The third kappa shape index (κ3) is 4.07. The van der Waals surface area contributed by atoms with Gasteiger partial charge in [-0.15, -0.1) is 0 Å². The molecule has 1 unspecified atom stereocenters. The third-order valence-corrected chi connectivity index (χ3v) is 6.82. The van der Waals surface area contributed by atoms with Crippen molar-refractivity contribution in [1.82, 2.24) is 0 Å². The van der Waals surface area contributed by atoms with Gasteiger partial charge in [-0.1, -0.05) is 29.8 Å². The standard InChI is InChI=1S/C23H30ClN5O/c1-28-20-4-2-3-5-21(20)29(14-15-6-9-17(10-7-15)22(26)30)23(28)27-19-12-16(13-25)8-11-18(19)24/h2-5,8,11-12,15,17,23,27H,6-7,9-10,13-14,25H2,1H3,(H2,26,30). The van der Waals surface area contributed by atoms with Crippen molar-refractivity contribution in [3.63, 3.8) is 0 Å². The highest BCUT2D eigenvalue weighted by Crippen LogP contribution is 2.41. The van der Waals surface area contributed by atoms with Crippen LogP contribution >= 0.6 is 11.6 Å². The Kier molecular flexibility index (Phi) is 6.06. The minimum atomic E-state index is -0.159. The molecule has 160 valence electrons. The van der Waals surface area contributed by atoms with Crippen molar-refractivity contribution in [1.29, 1.82) is 0 Å². The van der Waals surface area contributed by atoms with E-state index in [0.29, 0.717) is 17.5 Å². The van der Waals surface area contributed by atoms with Gasteiger partial charge in [0.2, 0.25) is 5.91 Å². The van der Waals surface area contributed by atoms with Crippen LogP contribution in [0, 0.1) is 11.8 Å². The summed E-state index contributed by atoms with van der Waals surface area (Å²) in [4.78, 5) is 16.2. The number of rotatable bonds is 6. The normalized spacial score (nSPS) is 23.4. The Balaban J connectivity index is 1.57. The second-order valence-corrected chi connectivity index (χ2v) is 8.82. The lowest BCUT2D eigenvalue weighted by atomic mass is 9.81. The molecule has 1 aliphatic heterocycles. The van der Waals surface area contributed by atoms with Gasteiger partial charge in [0.05, 0.1) is 22.1 Å². The average Bonchev–Trinajstić information content (AvgIpc) is 3.01. The molecule has 1 fully saturated rings. The lowest BCUT2D eigenvalue weighted by molar-refractivity contribution is -0.122. The highest BCUT2D eigenvalue weighted by Gasteiger charge is 2.36. The van der Waals surface area contributed by atoms with Crippen LogP contribution in [0.1, 0.15) is 31.2 Å². The zero-order valence-corrected chi connectivity index (χ0v) is 18.1. The molecule has 0 radical (unpaired) electrons. The maximum Gasteiger partial charge on any atom is 0.220 e. The van der Waals surface area contributed by atoms with E-state index in [4.69, 9.17) is 23.1 Å². The molecule has 7 heteroatoms. The van der Waals surface area contributed by atoms with Gasteiger partial charge in [0.25, 0.3) is 0 Å². The summed E-state index contributed by atoms with van der Waals surface area (Å²) in [6.45, 7) is 1.39. The van der Waals surface area contributed by atoms with E-state index >= 15 is 0 Å². The van der Waals surface area contributed by atoms with Gasteiger partial charge >= 0.3 is 0 Å². The van der Waals surface area contributed by atoms with E-state index in [2.05, 4.69) is 46.4 Å². The van der Waals surface area contributed by atoms with E-state index in [1.807, 2.05) is 18.2 Å². The Hall–Kier alpha value is -2.44. The van der Waals surface area contributed by atoms with E-state index in [9.17, 15) is 4.79 Å². The first-order valence-electron chi connectivity index (χ1n) is 10.6. The molecule has 0 bridgehead atoms. The zero-order chi connectivity index (χ0) is 21.3. The third-order valence-electron chi connectivity index (χ3n) is 6.49. The van der Waals surface area contributed by atoms with Gasteiger partial charge in [-0.3, -0.25) is 4.79 Å². The van der Waals surface area contributed by atoms with Crippen LogP contribution in [-0.2, 0) is 11.3 Å². The van der Waals surface area contributed by atoms with Crippen LogP contribution in [0.4, 0.5) is 17.1 Å². The molecular formula is C23H30ClN5O. The molecule has 6 nitrogen and oxygen atoms in total. The maximum absolute atomic E-state index is 11.5. The van der Waals surface area contributed by atoms with Crippen LogP contribution in [-0.4, -0.2) is 25.8 Å². The number of amides is 1. The van der Waals surface area contributed by atoms with Gasteiger partial charge < -0.3 is 26.6 Å². The molecule has 1 atom stereocenters. The SMILES string of the molecule is CN1c2ccccc2N(CC2CCC(C(N)=O)CC2)C1Nc1cc(CN)ccc1Cl. The fraction of sp³-hybridized carbons (Fsp3) is 0.435. The number of carbonyl (C=O) groups is 1. The summed E-state index contributed by atoms with van der Waals surface area (Å²) in [5, 5.41) is 4.32. The number of nitrogens with zero attached hydrogens (tertiary/aromatic N) is 2. The highest BCUT2D eigenvalue weighted by molar-refractivity contribution is 6.33. The molecule has 0 spiro atoms. The summed E-state index contributed by atoms with van der Waals surface area (Å²) in [7, 11) is 2.10. The molecule has 4 rings (SSSR count). The Morgan fingerprint density at radius 1 is 1.13 bits per heavy atom. The number of hydrogen-bond donors (Lipinski definition) is 3. The second-order valence-electron chi connectivity index (χ2n) is 8.41. The van der Waals surface area contributed by atoms with E-state index < -0.39 is 0 Å². The maximum atomic E-state index is 11.5. The number of nitrogens with two attached hydrogens (primary N) is 2. The van der Waals surface area contributed by atoms with Crippen molar-refractivity contribution in [2.24, 2.45) is 23.3 Å². The quantitative estimate of drug-likeness (QED) is 0.653. The first kappa shape index (κ1) is 20.8. The molecule has 0 aromatic heterocycles. The van der Waals surface area contributed by atoms with Crippen LogP contribution in [0.2, 0.25) is 5.02 Å². The van der Waals surface area contributed by atoms with Gasteiger partial charge in [-0.25, -0.2) is 0 Å². The van der Waals surface area contributed by atoms with Gasteiger partial charge in [0.1, 0.15) is 0 Å². The molecule has 2 aliphatic rings. The number of para-hydroxylation sites is 2. The lowest BCUT2D eigenvalue weighted by Gasteiger charge is -2.36. The molecule has 0 saturated heterocycles. The summed E-state index contributed by atoms with van der Waals surface area (Å²) < 4.78 is 0. The molecule has 2 aromatic carbocycles. The zero-order valence-electron chi connectivity index (χ0n) is 17.4. The van der Waals surface area contributed by atoms with Gasteiger partial charge in [-0.05, 0) is 61.4 Å². The Morgan fingerprint density at radius 2 is 1.83 bits per heavy atom. The monoisotopic (exact) mass is 427 g/mol. The predicted molar refractivity (Wildman–Crippen MR) is 124 cm³/mol. The number of carbonyl (C=O) groups excluding carboxylic acids is 1. The summed E-state index contributed by atoms with van der Waals surface area (Å²) in [6, 6.07) is 14.3. The predicted octanol–water partition coefficient (Wildman–Crippen LogP) is 3.74. The smallest absolute Gasteiger partial charge is 0.220 e. The fourth-order valence-electron chi connectivity index (χ4n) is 4.71. The lowest BCUT2D eigenvalue weighted by Crippen LogP contribution is -2.49. The van der Waals surface area contributed by atoms with Crippen molar-refractivity contribution in [2.75, 3.05) is 28.7 Å². The second kappa shape index (κ2) is 8.74. The minimum absolute atomic E-state index is 0.0292. The van der Waals surface area contributed by atoms with Crippen molar-refractivity contribution in [3.8, 4) is 0 Å². The highest BCUT2D eigenvalue weighted by atomic mass is 35.5. The number of benzene rings is 2. The first-order chi connectivity index (χ1) is 14.5. The van der Waals surface area contributed by atoms with Gasteiger partial charge in [-0.2, -0.15) is 0 Å². The fourth-order valence-corrected chi connectivity index (χ4v) is 4.88. The number of fused-ring (bicyclic) bond motifs is 1. The Labute approximate surface area is 183 Å². The average molecular weight is 428 g/mol. The van der Waals surface area contributed by atoms with Crippen LogP contribution in [0.25, 0.3) is 0 Å². The number of anilines is 3. The summed E-state index contributed by atoms with van der Waals surface area (Å²) in [5.41, 5.74) is 15.7. The van der Waals surface area contributed by atoms with Crippen molar-refractivity contribution in [3.05, 3.63) is 53.1 Å². The minimum Gasteiger partial charge on any atom is -0.369 e. The van der Waals surface area contributed by atoms with Crippen molar-refractivity contribution < 1.29 is 4.79 Å². The van der Waals surface area contributed by atoms with E-state index in [-0.39, 0.29) is 18.1 Å². The molecule has 5 N–H and O–H groups in total. The van der Waals surface area contributed by atoms with Crippen LogP contribution in [0.3, 0.4) is 0 Å². The van der Waals surface area contributed by atoms with E-state index in [1.165, 1.54) is 11.4 Å². The molecular weight excluding hydrogens is 398 g/mol. The number of nitrogens with one attached hydrogen (secondary N) is 1. The van der Waals surface area contributed by atoms with Gasteiger partial charge in [0, 0.05) is 26.1 Å². The van der Waals surface area contributed by atoms with Gasteiger partial charge in [0.15, 0.2) is 6.29 Å².